The van der Waals surface area contributed by atoms with Crippen LogP contribution in [0.5, 0.6) is 0 Å². The third kappa shape index (κ3) is 2.77. The SMILES string of the molecule is CCNC(C)c1nnnn1-c1cc(F)cc([N+](=O)[O-])c1. The molecule has 0 bridgehead atoms. The molecule has 1 atom stereocenters. The largest absolute Gasteiger partial charge is 0.308 e. The Morgan fingerprint density at radius 2 is 2.25 bits per heavy atom. The van der Waals surface area contributed by atoms with E-state index < -0.39 is 10.7 Å². The minimum atomic E-state index is -0.716. The quantitative estimate of drug-likeness (QED) is 0.656. The number of hydrogen-bond acceptors (Lipinski definition) is 6. The fourth-order valence-electron chi connectivity index (χ4n) is 1.83. The molecule has 1 heterocycles. The fraction of sp³-hybridized carbons (Fsp3) is 0.364. The van der Waals surface area contributed by atoms with E-state index in [1.54, 1.807) is 0 Å². The number of tetrazole rings is 1. The van der Waals surface area contributed by atoms with Gasteiger partial charge >= 0.3 is 0 Å². The molecule has 2 rings (SSSR count). The Bertz CT molecular complexity index is 629. The van der Waals surface area contributed by atoms with Gasteiger partial charge in [-0.2, -0.15) is 4.68 Å². The second kappa shape index (κ2) is 5.70. The molecule has 0 aliphatic heterocycles. The van der Waals surface area contributed by atoms with E-state index in [-0.39, 0.29) is 17.4 Å². The molecule has 0 fully saturated rings. The first-order valence-electron chi connectivity index (χ1n) is 6.00. The normalized spacial score (nSPS) is 12.3. The highest BCUT2D eigenvalue weighted by Crippen LogP contribution is 2.21. The number of rotatable bonds is 5. The second-order valence-corrected chi connectivity index (χ2v) is 4.15. The Labute approximate surface area is 113 Å². The van der Waals surface area contributed by atoms with Gasteiger partial charge in [0.05, 0.1) is 22.7 Å². The number of benzene rings is 1. The molecule has 9 heteroatoms. The van der Waals surface area contributed by atoms with Gasteiger partial charge in [-0.05, 0) is 23.9 Å². The zero-order chi connectivity index (χ0) is 14.7. The van der Waals surface area contributed by atoms with Gasteiger partial charge in [0.1, 0.15) is 5.82 Å². The van der Waals surface area contributed by atoms with Crippen LogP contribution in [0.2, 0.25) is 0 Å². The van der Waals surface area contributed by atoms with Gasteiger partial charge in [-0.3, -0.25) is 10.1 Å². The lowest BCUT2D eigenvalue weighted by Crippen LogP contribution is -2.21. The van der Waals surface area contributed by atoms with Crippen LogP contribution < -0.4 is 5.32 Å². The van der Waals surface area contributed by atoms with Crippen LogP contribution in [-0.2, 0) is 0 Å². The molecule has 106 valence electrons. The molecule has 0 aliphatic carbocycles. The van der Waals surface area contributed by atoms with E-state index >= 15 is 0 Å². The molecular formula is C11H13FN6O2. The summed E-state index contributed by atoms with van der Waals surface area (Å²) in [7, 11) is 0. The van der Waals surface area contributed by atoms with E-state index in [4.69, 9.17) is 0 Å². The standard InChI is InChI=1S/C11H13FN6O2/c1-3-13-7(2)11-14-15-16-17(11)9-4-8(12)5-10(6-9)18(19)20/h4-7,13H,3H2,1-2H3. The van der Waals surface area contributed by atoms with Crippen molar-refractivity contribution in [2.75, 3.05) is 6.54 Å². The number of nitro groups is 1. The maximum absolute atomic E-state index is 13.5. The van der Waals surface area contributed by atoms with Crippen molar-refractivity contribution in [2.45, 2.75) is 19.9 Å². The number of non-ortho nitro benzene ring substituents is 1. The van der Waals surface area contributed by atoms with E-state index in [2.05, 4.69) is 20.8 Å². The molecule has 1 unspecified atom stereocenters. The monoisotopic (exact) mass is 280 g/mol. The summed E-state index contributed by atoms with van der Waals surface area (Å²) in [5.74, 6) is -0.265. The second-order valence-electron chi connectivity index (χ2n) is 4.15. The summed E-state index contributed by atoms with van der Waals surface area (Å²) in [6.45, 7) is 4.48. The van der Waals surface area contributed by atoms with E-state index in [9.17, 15) is 14.5 Å². The molecule has 0 spiro atoms. The number of halogens is 1. The molecule has 0 saturated heterocycles. The number of nitrogens with zero attached hydrogens (tertiary/aromatic N) is 5. The first-order valence-corrected chi connectivity index (χ1v) is 6.00. The van der Waals surface area contributed by atoms with E-state index in [1.807, 2.05) is 13.8 Å². The number of nitrogens with one attached hydrogen (secondary N) is 1. The molecule has 1 aromatic carbocycles. The van der Waals surface area contributed by atoms with Crippen molar-refractivity contribution in [1.29, 1.82) is 0 Å². The highest BCUT2D eigenvalue weighted by atomic mass is 19.1. The fourth-order valence-corrected chi connectivity index (χ4v) is 1.83. The van der Waals surface area contributed by atoms with Crippen LogP contribution in [0.3, 0.4) is 0 Å². The third-order valence-corrected chi connectivity index (χ3v) is 2.71. The average molecular weight is 280 g/mol. The average Bonchev–Trinajstić information content (AvgIpc) is 2.87. The van der Waals surface area contributed by atoms with Crippen molar-refractivity contribution >= 4 is 5.69 Å². The molecule has 0 saturated carbocycles. The van der Waals surface area contributed by atoms with Crippen LogP contribution in [0.25, 0.3) is 5.69 Å². The maximum Gasteiger partial charge on any atom is 0.274 e. The number of aromatic nitrogens is 4. The summed E-state index contributed by atoms with van der Waals surface area (Å²) in [6.07, 6.45) is 0. The smallest absolute Gasteiger partial charge is 0.274 e. The van der Waals surface area contributed by atoms with Gasteiger partial charge in [0.2, 0.25) is 0 Å². The van der Waals surface area contributed by atoms with Crippen LogP contribution >= 0.6 is 0 Å². The summed E-state index contributed by atoms with van der Waals surface area (Å²) in [5, 5.41) is 25.0. The Hall–Kier alpha value is -2.42. The molecule has 8 nitrogen and oxygen atoms in total. The summed E-state index contributed by atoms with van der Waals surface area (Å²) in [6, 6.07) is 3.05. The zero-order valence-corrected chi connectivity index (χ0v) is 10.9. The topological polar surface area (TPSA) is 98.8 Å². The minimum Gasteiger partial charge on any atom is -0.308 e. The van der Waals surface area contributed by atoms with Crippen LogP contribution in [0.4, 0.5) is 10.1 Å². The lowest BCUT2D eigenvalue weighted by molar-refractivity contribution is -0.385. The Balaban J connectivity index is 2.47. The minimum absolute atomic E-state index is 0.169. The molecule has 0 amide bonds. The number of hydrogen-bond donors (Lipinski definition) is 1. The first kappa shape index (κ1) is 14.0. The maximum atomic E-state index is 13.5. The van der Waals surface area contributed by atoms with Gasteiger partial charge in [-0.15, -0.1) is 5.10 Å². The van der Waals surface area contributed by atoms with Crippen LogP contribution in [0.15, 0.2) is 18.2 Å². The summed E-state index contributed by atoms with van der Waals surface area (Å²) in [4.78, 5) is 10.1. The van der Waals surface area contributed by atoms with Crippen LogP contribution in [-0.4, -0.2) is 31.7 Å². The van der Waals surface area contributed by atoms with Gasteiger partial charge in [0.25, 0.3) is 5.69 Å². The molecule has 0 radical (unpaired) electrons. The zero-order valence-electron chi connectivity index (χ0n) is 10.9. The van der Waals surface area contributed by atoms with Gasteiger partial charge in [0.15, 0.2) is 5.82 Å². The Morgan fingerprint density at radius 1 is 1.50 bits per heavy atom. The van der Waals surface area contributed by atoms with Crippen molar-refractivity contribution in [3.63, 3.8) is 0 Å². The molecule has 1 N–H and O–H groups in total. The van der Waals surface area contributed by atoms with Gasteiger partial charge < -0.3 is 5.32 Å². The highest BCUT2D eigenvalue weighted by Gasteiger charge is 2.18. The van der Waals surface area contributed by atoms with Crippen molar-refractivity contribution in [1.82, 2.24) is 25.5 Å². The van der Waals surface area contributed by atoms with Crippen molar-refractivity contribution < 1.29 is 9.31 Å². The molecule has 0 aliphatic rings. The van der Waals surface area contributed by atoms with E-state index in [0.29, 0.717) is 12.4 Å². The molecule has 2 aromatic rings. The van der Waals surface area contributed by atoms with Crippen LogP contribution in [0, 0.1) is 15.9 Å². The summed E-state index contributed by atoms with van der Waals surface area (Å²) in [5.41, 5.74) is -0.140. The summed E-state index contributed by atoms with van der Waals surface area (Å²) < 4.78 is 14.7. The molecular weight excluding hydrogens is 267 g/mol. The van der Waals surface area contributed by atoms with E-state index in [0.717, 1.165) is 12.1 Å². The Morgan fingerprint density at radius 3 is 2.90 bits per heavy atom. The number of nitro benzene ring substituents is 1. The summed E-state index contributed by atoms with van der Waals surface area (Å²) >= 11 is 0. The highest BCUT2D eigenvalue weighted by molar-refractivity contribution is 5.43. The van der Waals surface area contributed by atoms with Crippen molar-refractivity contribution in [3.8, 4) is 5.69 Å². The van der Waals surface area contributed by atoms with Gasteiger partial charge in [0, 0.05) is 12.1 Å². The molecule has 1 aromatic heterocycles. The predicted octanol–water partition coefficient (Wildman–Crippen LogP) is 1.38. The van der Waals surface area contributed by atoms with Crippen molar-refractivity contribution in [2.24, 2.45) is 0 Å². The third-order valence-electron chi connectivity index (χ3n) is 2.71. The van der Waals surface area contributed by atoms with Crippen LogP contribution in [0.1, 0.15) is 25.7 Å². The molecule has 20 heavy (non-hydrogen) atoms. The van der Waals surface area contributed by atoms with Gasteiger partial charge in [-0.25, -0.2) is 4.39 Å². The predicted molar refractivity (Wildman–Crippen MR) is 67.9 cm³/mol. The van der Waals surface area contributed by atoms with Gasteiger partial charge in [-0.1, -0.05) is 6.92 Å². The lowest BCUT2D eigenvalue weighted by atomic mass is 10.2. The van der Waals surface area contributed by atoms with Crippen molar-refractivity contribution in [3.05, 3.63) is 40.0 Å². The first-order chi connectivity index (χ1) is 9.52. The lowest BCUT2D eigenvalue weighted by Gasteiger charge is -2.11. The Kier molecular flexibility index (Phi) is 3.99. The van der Waals surface area contributed by atoms with E-state index in [1.165, 1.54) is 10.7 Å².